The first-order valence-corrected chi connectivity index (χ1v) is 8.61. The number of carbonyl (C=O) groups excluding carboxylic acids is 1. The number of aromatic nitrogens is 2. The minimum atomic E-state index is 0.0605. The molecule has 2 fully saturated rings. The van der Waals surface area contributed by atoms with Crippen molar-refractivity contribution in [3.63, 3.8) is 0 Å². The first-order valence-electron chi connectivity index (χ1n) is 8.61. The fourth-order valence-corrected chi connectivity index (χ4v) is 3.26. The number of likely N-dealkylation sites (tertiary alicyclic amines) is 1. The minimum Gasteiger partial charge on any atom is -0.341 e. The fraction of sp³-hybridized carbons (Fsp3) is 0.706. The van der Waals surface area contributed by atoms with Crippen molar-refractivity contribution in [2.45, 2.75) is 45.4 Å². The highest BCUT2D eigenvalue weighted by Gasteiger charge is 2.23. The number of nitrogens with zero attached hydrogens (tertiary/aromatic N) is 4. The van der Waals surface area contributed by atoms with Crippen molar-refractivity contribution >= 4 is 11.9 Å². The van der Waals surface area contributed by atoms with Gasteiger partial charge in [-0.3, -0.25) is 4.79 Å². The Kier molecular flexibility index (Phi) is 4.90. The van der Waals surface area contributed by atoms with Crippen LogP contribution in [0.5, 0.6) is 0 Å². The summed E-state index contributed by atoms with van der Waals surface area (Å²) in [5.41, 5.74) is 0.545. The van der Waals surface area contributed by atoms with Gasteiger partial charge in [-0.2, -0.15) is 0 Å². The average Bonchev–Trinajstić information content (AvgIpc) is 2.84. The summed E-state index contributed by atoms with van der Waals surface area (Å²) < 4.78 is 0. The van der Waals surface area contributed by atoms with Crippen molar-refractivity contribution < 1.29 is 4.79 Å². The SMILES string of the molecule is CC1CCN(C(=O)c2ccnc(N3CCCCCC3)n2)CC1. The Bertz CT molecular complexity index is 503. The summed E-state index contributed by atoms with van der Waals surface area (Å²) in [4.78, 5) is 25.7. The number of rotatable bonds is 2. The molecule has 5 heteroatoms. The van der Waals surface area contributed by atoms with Gasteiger partial charge in [0.25, 0.3) is 5.91 Å². The summed E-state index contributed by atoms with van der Waals surface area (Å²) in [6.45, 7) is 5.95. The highest BCUT2D eigenvalue weighted by atomic mass is 16.2. The van der Waals surface area contributed by atoms with Crippen molar-refractivity contribution in [1.29, 1.82) is 0 Å². The molecule has 0 unspecified atom stereocenters. The Balaban J connectivity index is 1.71. The molecule has 2 saturated heterocycles. The normalized spacial score (nSPS) is 20.8. The van der Waals surface area contributed by atoms with Gasteiger partial charge < -0.3 is 9.80 Å². The molecule has 120 valence electrons. The summed E-state index contributed by atoms with van der Waals surface area (Å²) >= 11 is 0. The molecule has 3 heterocycles. The van der Waals surface area contributed by atoms with Gasteiger partial charge >= 0.3 is 0 Å². The number of amides is 1. The van der Waals surface area contributed by atoms with Crippen LogP contribution in [-0.2, 0) is 0 Å². The van der Waals surface area contributed by atoms with E-state index in [-0.39, 0.29) is 5.91 Å². The van der Waals surface area contributed by atoms with Crippen LogP contribution >= 0.6 is 0 Å². The number of anilines is 1. The monoisotopic (exact) mass is 302 g/mol. The third-order valence-electron chi connectivity index (χ3n) is 4.82. The lowest BCUT2D eigenvalue weighted by molar-refractivity contribution is 0.0691. The number of hydrogen-bond donors (Lipinski definition) is 0. The highest BCUT2D eigenvalue weighted by molar-refractivity contribution is 5.92. The number of carbonyl (C=O) groups is 1. The van der Waals surface area contributed by atoms with Gasteiger partial charge in [-0.1, -0.05) is 19.8 Å². The molecule has 1 amide bonds. The Morgan fingerprint density at radius 1 is 1.09 bits per heavy atom. The van der Waals surface area contributed by atoms with Gasteiger partial charge in [0.15, 0.2) is 0 Å². The van der Waals surface area contributed by atoms with Crippen LogP contribution in [0.3, 0.4) is 0 Å². The lowest BCUT2D eigenvalue weighted by Crippen LogP contribution is -2.38. The van der Waals surface area contributed by atoms with E-state index in [0.29, 0.717) is 5.69 Å². The van der Waals surface area contributed by atoms with E-state index in [1.165, 1.54) is 25.7 Å². The predicted molar refractivity (Wildman–Crippen MR) is 87.0 cm³/mol. The van der Waals surface area contributed by atoms with Gasteiger partial charge in [0.05, 0.1) is 0 Å². The van der Waals surface area contributed by atoms with Gasteiger partial charge in [0, 0.05) is 32.4 Å². The number of hydrogen-bond acceptors (Lipinski definition) is 4. The standard InChI is InChI=1S/C17H26N4O/c1-14-7-12-20(13-8-14)16(22)15-6-9-18-17(19-15)21-10-4-2-3-5-11-21/h6,9,14H,2-5,7-8,10-13H2,1H3. The molecule has 1 aromatic rings. The first-order chi connectivity index (χ1) is 10.7. The van der Waals surface area contributed by atoms with Crippen molar-refractivity contribution in [1.82, 2.24) is 14.9 Å². The molecule has 0 aromatic carbocycles. The van der Waals surface area contributed by atoms with Crippen LogP contribution in [0.25, 0.3) is 0 Å². The van der Waals surface area contributed by atoms with Gasteiger partial charge in [0.2, 0.25) is 5.95 Å². The topological polar surface area (TPSA) is 49.3 Å². The van der Waals surface area contributed by atoms with Gasteiger partial charge in [-0.05, 0) is 37.7 Å². The Hall–Kier alpha value is -1.65. The van der Waals surface area contributed by atoms with E-state index < -0.39 is 0 Å². The second kappa shape index (κ2) is 7.07. The third-order valence-corrected chi connectivity index (χ3v) is 4.82. The van der Waals surface area contributed by atoms with Gasteiger partial charge in [-0.25, -0.2) is 9.97 Å². The van der Waals surface area contributed by atoms with Gasteiger partial charge in [0.1, 0.15) is 5.69 Å². The number of piperidine rings is 1. The molecule has 2 aliphatic rings. The molecule has 2 aliphatic heterocycles. The van der Waals surface area contributed by atoms with E-state index in [0.717, 1.165) is 50.9 Å². The van der Waals surface area contributed by atoms with Crippen LogP contribution in [-0.4, -0.2) is 47.0 Å². The van der Waals surface area contributed by atoms with E-state index in [1.54, 1.807) is 12.3 Å². The molecule has 22 heavy (non-hydrogen) atoms. The van der Waals surface area contributed by atoms with Crippen LogP contribution in [0.2, 0.25) is 0 Å². The minimum absolute atomic E-state index is 0.0605. The van der Waals surface area contributed by atoms with E-state index >= 15 is 0 Å². The summed E-state index contributed by atoms with van der Waals surface area (Å²) in [5.74, 6) is 1.51. The van der Waals surface area contributed by atoms with Crippen LogP contribution < -0.4 is 4.90 Å². The van der Waals surface area contributed by atoms with Crippen molar-refractivity contribution in [3.8, 4) is 0 Å². The van der Waals surface area contributed by atoms with Crippen molar-refractivity contribution in [2.75, 3.05) is 31.1 Å². The molecule has 1 aromatic heterocycles. The largest absolute Gasteiger partial charge is 0.341 e. The molecular weight excluding hydrogens is 276 g/mol. The smallest absolute Gasteiger partial charge is 0.272 e. The molecule has 0 atom stereocenters. The van der Waals surface area contributed by atoms with E-state index in [2.05, 4.69) is 21.8 Å². The second-order valence-corrected chi connectivity index (χ2v) is 6.62. The predicted octanol–water partition coefficient (Wildman–Crippen LogP) is 2.73. The summed E-state index contributed by atoms with van der Waals surface area (Å²) in [6.07, 6.45) is 8.85. The van der Waals surface area contributed by atoms with Gasteiger partial charge in [-0.15, -0.1) is 0 Å². The first kappa shape index (κ1) is 15.3. The molecule has 0 aliphatic carbocycles. The average molecular weight is 302 g/mol. The van der Waals surface area contributed by atoms with Crippen LogP contribution in [0, 0.1) is 5.92 Å². The maximum absolute atomic E-state index is 12.6. The Morgan fingerprint density at radius 3 is 2.45 bits per heavy atom. The van der Waals surface area contributed by atoms with E-state index in [4.69, 9.17) is 0 Å². The van der Waals surface area contributed by atoms with E-state index in [9.17, 15) is 4.79 Å². The molecule has 0 spiro atoms. The molecule has 0 N–H and O–H groups in total. The van der Waals surface area contributed by atoms with Crippen molar-refractivity contribution in [3.05, 3.63) is 18.0 Å². The zero-order chi connectivity index (χ0) is 15.4. The summed E-state index contributed by atoms with van der Waals surface area (Å²) in [7, 11) is 0. The quantitative estimate of drug-likeness (QED) is 0.843. The molecular formula is C17H26N4O. The van der Waals surface area contributed by atoms with Crippen molar-refractivity contribution in [2.24, 2.45) is 5.92 Å². The fourth-order valence-electron chi connectivity index (χ4n) is 3.26. The lowest BCUT2D eigenvalue weighted by atomic mass is 9.99. The Labute approximate surface area is 132 Å². The van der Waals surface area contributed by atoms with Crippen LogP contribution in [0.4, 0.5) is 5.95 Å². The molecule has 3 rings (SSSR count). The second-order valence-electron chi connectivity index (χ2n) is 6.62. The highest BCUT2D eigenvalue weighted by Crippen LogP contribution is 2.19. The molecule has 0 radical (unpaired) electrons. The van der Waals surface area contributed by atoms with Crippen LogP contribution in [0.15, 0.2) is 12.3 Å². The Morgan fingerprint density at radius 2 is 1.77 bits per heavy atom. The summed E-state index contributed by atoms with van der Waals surface area (Å²) in [6, 6.07) is 1.75. The lowest BCUT2D eigenvalue weighted by Gasteiger charge is -2.30. The van der Waals surface area contributed by atoms with E-state index in [1.807, 2.05) is 4.90 Å². The zero-order valence-corrected chi connectivity index (χ0v) is 13.5. The molecule has 5 nitrogen and oxygen atoms in total. The molecule has 0 bridgehead atoms. The van der Waals surface area contributed by atoms with Crippen LogP contribution in [0.1, 0.15) is 55.9 Å². The summed E-state index contributed by atoms with van der Waals surface area (Å²) in [5, 5.41) is 0. The third kappa shape index (κ3) is 3.57. The molecule has 0 saturated carbocycles. The maximum Gasteiger partial charge on any atom is 0.272 e. The maximum atomic E-state index is 12.6. The zero-order valence-electron chi connectivity index (χ0n) is 13.5.